The van der Waals surface area contributed by atoms with Crippen molar-refractivity contribution in [1.29, 1.82) is 0 Å². The van der Waals surface area contributed by atoms with E-state index in [0.29, 0.717) is 19.5 Å². The van der Waals surface area contributed by atoms with Gasteiger partial charge in [-0.15, -0.1) is 11.3 Å². The van der Waals surface area contributed by atoms with Gasteiger partial charge in [0.25, 0.3) is 0 Å². The van der Waals surface area contributed by atoms with Crippen LogP contribution in [0.2, 0.25) is 0 Å². The molecule has 1 amide bonds. The van der Waals surface area contributed by atoms with Crippen LogP contribution >= 0.6 is 23.1 Å². The third-order valence-electron chi connectivity index (χ3n) is 1.98. The van der Waals surface area contributed by atoms with E-state index in [1.54, 1.807) is 23.1 Å². The van der Waals surface area contributed by atoms with Crippen molar-refractivity contribution in [2.24, 2.45) is 5.73 Å². The van der Waals surface area contributed by atoms with Gasteiger partial charge in [-0.3, -0.25) is 4.79 Å². The first kappa shape index (κ1) is 14.1. The minimum atomic E-state index is 0.0994. The Morgan fingerprint density at radius 3 is 3.18 bits per heavy atom. The topological polar surface area (TPSA) is 55.1 Å². The van der Waals surface area contributed by atoms with Crippen molar-refractivity contribution in [3.63, 3.8) is 0 Å². The summed E-state index contributed by atoms with van der Waals surface area (Å²) in [5.41, 5.74) is 6.27. The van der Waals surface area contributed by atoms with Crippen molar-refractivity contribution in [3.8, 4) is 11.8 Å². The molecule has 1 heterocycles. The predicted molar refractivity (Wildman–Crippen MR) is 75.1 cm³/mol. The lowest BCUT2D eigenvalue weighted by atomic mass is 10.3. The van der Waals surface area contributed by atoms with Crippen LogP contribution in [0.5, 0.6) is 0 Å². The molecule has 0 saturated carbocycles. The van der Waals surface area contributed by atoms with Crippen LogP contribution in [0, 0.1) is 11.8 Å². The summed E-state index contributed by atoms with van der Waals surface area (Å²) in [5, 5.41) is 4.87. The van der Waals surface area contributed by atoms with Crippen LogP contribution in [0.15, 0.2) is 11.4 Å². The maximum atomic E-state index is 11.4. The molecule has 92 valence electrons. The lowest BCUT2D eigenvalue weighted by Gasteiger charge is -2.01. The number of hydrogen-bond acceptors (Lipinski definition) is 4. The van der Waals surface area contributed by atoms with Crippen molar-refractivity contribution >= 4 is 29.0 Å². The molecule has 0 aromatic carbocycles. The zero-order valence-electron chi connectivity index (χ0n) is 9.79. The minimum Gasteiger partial charge on any atom is -0.351 e. The first-order chi connectivity index (χ1) is 8.26. The second kappa shape index (κ2) is 8.18. The Morgan fingerprint density at radius 2 is 2.47 bits per heavy atom. The SMILES string of the molecule is CSCCC(=O)NCc1cc(C#CCN)cs1. The quantitative estimate of drug-likeness (QED) is 0.794. The average molecular weight is 268 g/mol. The second-order valence-electron chi connectivity index (χ2n) is 3.33. The van der Waals surface area contributed by atoms with Gasteiger partial charge in [-0.25, -0.2) is 0 Å². The largest absolute Gasteiger partial charge is 0.351 e. The number of thiophene rings is 1. The third-order valence-corrected chi connectivity index (χ3v) is 3.53. The first-order valence-electron chi connectivity index (χ1n) is 5.28. The molecule has 0 atom stereocenters. The lowest BCUT2D eigenvalue weighted by molar-refractivity contribution is -0.120. The van der Waals surface area contributed by atoms with E-state index in [4.69, 9.17) is 5.73 Å². The molecule has 0 unspecified atom stereocenters. The molecule has 1 aromatic rings. The number of carbonyl (C=O) groups is 1. The molecule has 0 aliphatic heterocycles. The minimum absolute atomic E-state index is 0.0994. The van der Waals surface area contributed by atoms with E-state index in [1.165, 1.54) is 0 Å². The van der Waals surface area contributed by atoms with Gasteiger partial charge in [0, 0.05) is 28.0 Å². The molecule has 0 fully saturated rings. The van der Waals surface area contributed by atoms with E-state index < -0.39 is 0 Å². The van der Waals surface area contributed by atoms with Gasteiger partial charge >= 0.3 is 0 Å². The number of carbonyl (C=O) groups excluding carboxylic acids is 1. The predicted octanol–water partition coefficient (Wildman–Crippen LogP) is 1.43. The van der Waals surface area contributed by atoms with Gasteiger partial charge < -0.3 is 11.1 Å². The zero-order chi connectivity index (χ0) is 12.5. The summed E-state index contributed by atoms with van der Waals surface area (Å²) in [6, 6.07) is 1.99. The highest BCUT2D eigenvalue weighted by atomic mass is 32.2. The molecule has 0 aliphatic carbocycles. The van der Waals surface area contributed by atoms with Gasteiger partial charge in [-0.05, 0) is 12.3 Å². The van der Waals surface area contributed by atoms with Crippen molar-refractivity contribution in [1.82, 2.24) is 5.32 Å². The van der Waals surface area contributed by atoms with Gasteiger partial charge in [0.05, 0.1) is 13.1 Å². The number of hydrogen-bond donors (Lipinski definition) is 2. The Labute approximate surface area is 110 Å². The van der Waals surface area contributed by atoms with E-state index in [9.17, 15) is 4.79 Å². The van der Waals surface area contributed by atoms with Crippen LogP contribution in [-0.2, 0) is 11.3 Å². The first-order valence-corrected chi connectivity index (χ1v) is 7.55. The summed E-state index contributed by atoms with van der Waals surface area (Å²) in [4.78, 5) is 12.5. The maximum absolute atomic E-state index is 11.4. The van der Waals surface area contributed by atoms with Crippen LogP contribution in [-0.4, -0.2) is 24.5 Å². The Kier molecular flexibility index (Phi) is 6.78. The molecular formula is C12H16N2OS2. The molecule has 0 radical (unpaired) electrons. The lowest BCUT2D eigenvalue weighted by Crippen LogP contribution is -2.22. The Hall–Kier alpha value is -0.960. The second-order valence-corrected chi connectivity index (χ2v) is 5.31. The van der Waals surface area contributed by atoms with Crippen LogP contribution in [0.1, 0.15) is 16.9 Å². The third kappa shape index (κ3) is 5.78. The fourth-order valence-corrected chi connectivity index (χ4v) is 2.31. The van der Waals surface area contributed by atoms with E-state index in [2.05, 4.69) is 17.2 Å². The summed E-state index contributed by atoms with van der Waals surface area (Å²) in [6.45, 7) is 0.957. The highest BCUT2D eigenvalue weighted by Gasteiger charge is 2.02. The van der Waals surface area contributed by atoms with E-state index in [0.717, 1.165) is 16.2 Å². The van der Waals surface area contributed by atoms with Gasteiger partial charge in [-0.1, -0.05) is 11.8 Å². The summed E-state index contributed by atoms with van der Waals surface area (Å²) < 4.78 is 0. The maximum Gasteiger partial charge on any atom is 0.221 e. The Balaban J connectivity index is 2.36. The molecule has 0 spiro atoms. The number of rotatable bonds is 5. The highest BCUT2D eigenvalue weighted by molar-refractivity contribution is 7.98. The van der Waals surface area contributed by atoms with E-state index in [1.807, 2.05) is 17.7 Å². The molecule has 17 heavy (non-hydrogen) atoms. The van der Waals surface area contributed by atoms with Crippen LogP contribution in [0.25, 0.3) is 0 Å². The molecule has 0 saturated heterocycles. The summed E-state index contributed by atoms with van der Waals surface area (Å²) in [5.74, 6) is 6.73. The zero-order valence-corrected chi connectivity index (χ0v) is 11.4. The number of nitrogens with one attached hydrogen (secondary N) is 1. The fourth-order valence-electron chi connectivity index (χ4n) is 1.16. The molecule has 3 N–H and O–H groups in total. The van der Waals surface area contributed by atoms with Crippen molar-refractivity contribution in [2.75, 3.05) is 18.6 Å². The number of amides is 1. The molecule has 0 aliphatic rings. The Bertz CT molecular complexity index is 418. The highest BCUT2D eigenvalue weighted by Crippen LogP contribution is 2.13. The van der Waals surface area contributed by atoms with Crippen LogP contribution in [0.4, 0.5) is 0 Å². The van der Waals surface area contributed by atoms with Gasteiger partial charge in [0.2, 0.25) is 5.91 Å². The summed E-state index contributed by atoms with van der Waals surface area (Å²) >= 11 is 3.28. The molecule has 0 bridgehead atoms. The normalized spacial score (nSPS) is 9.53. The smallest absolute Gasteiger partial charge is 0.221 e. The van der Waals surface area contributed by atoms with Crippen LogP contribution < -0.4 is 11.1 Å². The number of nitrogens with two attached hydrogens (primary N) is 1. The number of thioether (sulfide) groups is 1. The van der Waals surface area contributed by atoms with E-state index in [-0.39, 0.29) is 5.91 Å². The van der Waals surface area contributed by atoms with Crippen molar-refractivity contribution in [3.05, 3.63) is 21.9 Å². The van der Waals surface area contributed by atoms with E-state index >= 15 is 0 Å². The van der Waals surface area contributed by atoms with Gasteiger partial charge in [0.1, 0.15) is 0 Å². The van der Waals surface area contributed by atoms with Gasteiger partial charge in [-0.2, -0.15) is 11.8 Å². The molecule has 1 aromatic heterocycles. The van der Waals surface area contributed by atoms with Gasteiger partial charge in [0.15, 0.2) is 0 Å². The summed E-state index contributed by atoms with van der Waals surface area (Å²) in [7, 11) is 0. The van der Waals surface area contributed by atoms with Crippen LogP contribution in [0.3, 0.4) is 0 Å². The molecule has 5 heteroatoms. The fraction of sp³-hybridized carbons (Fsp3) is 0.417. The molecule has 1 rings (SSSR count). The van der Waals surface area contributed by atoms with Crippen molar-refractivity contribution in [2.45, 2.75) is 13.0 Å². The standard InChI is InChI=1S/C12H16N2OS2/c1-16-6-4-12(15)14-8-11-7-10(9-17-11)3-2-5-13/h7,9H,4-6,8,13H2,1H3,(H,14,15). The Morgan fingerprint density at radius 1 is 1.65 bits per heavy atom. The monoisotopic (exact) mass is 268 g/mol. The molecular weight excluding hydrogens is 252 g/mol. The summed E-state index contributed by atoms with van der Waals surface area (Å²) in [6.07, 6.45) is 2.57. The van der Waals surface area contributed by atoms with Crippen molar-refractivity contribution < 1.29 is 4.79 Å². The molecule has 3 nitrogen and oxygen atoms in total. The average Bonchev–Trinajstić information content (AvgIpc) is 2.79.